The minimum atomic E-state index is -0.109. The van der Waals surface area contributed by atoms with Crippen molar-refractivity contribution in [2.75, 3.05) is 11.4 Å². The van der Waals surface area contributed by atoms with E-state index in [0.29, 0.717) is 36.9 Å². The van der Waals surface area contributed by atoms with Crippen LogP contribution in [0.4, 0.5) is 5.69 Å². The molecule has 3 aromatic heterocycles. The van der Waals surface area contributed by atoms with Gasteiger partial charge in [0.25, 0.3) is 5.91 Å². The molecule has 0 bridgehead atoms. The Morgan fingerprint density at radius 1 is 1.20 bits per heavy atom. The quantitative estimate of drug-likeness (QED) is 0.534. The van der Waals surface area contributed by atoms with Crippen LogP contribution in [0.25, 0.3) is 5.65 Å². The van der Waals surface area contributed by atoms with E-state index in [4.69, 9.17) is 4.42 Å². The molecule has 1 amide bonds. The van der Waals surface area contributed by atoms with Gasteiger partial charge >= 0.3 is 0 Å². The van der Waals surface area contributed by atoms with E-state index in [-0.39, 0.29) is 5.91 Å². The van der Waals surface area contributed by atoms with Gasteiger partial charge in [0.2, 0.25) is 0 Å². The summed E-state index contributed by atoms with van der Waals surface area (Å²) < 4.78 is 7.68. The topological polar surface area (TPSA) is 62.8 Å². The van der Waals surface area contributed by atoms with E-state index in [1.165, 1.54) is 11.3 Å². The largest absolute Gasteiger partial charge is 0.467 e. The number of benzene rings is 1. The molecule has 1 unspecified atom stereocenters. The lowest BCUT2D eigenvalue weighted by atomic mass is 10.1. The Morgan fingerprint density at radius 3 is 2.97 bits per heavy atom. The number of para-hydroxylation sites is 1. The molecule has 0 radical (unpaired) electrons. The molecule has 0 saturated carbocycles. The van der Waals surface area contributed by atoms with Gasteiger partial charge in [-0.05, 0) is 43.2 Å². The van der Waals surface area contributed by atoms with Gasteiger partial charge in [0.15, 0.2) is 0 Å². The molecule has 1 aliphatic rings. The summed E-state index contributed by atoms with van der Waals surface area (Å²) in [6.45, 7) is 3.31. The highest BCUT2D eigenvalue weighted by Crippen LogP contribution is 2.33. The van der Waals surface area contributed by atoms with Gasteiger partial charge in [-0.1, -0.05) is 24.3 Å². The van der Waals surface area contributed by atoms with Crippen molar-refractivity contribution in [2.24, 2.45) is 0 Å². The molecule has 5 rings (SSSR count). The van der Waals surface area contributed by atoms with E-state index < -0.39 is 0 Å². The first-order valence-electron chi connectivity index (χ1n) is 10.3. The Morgan fingerprint density at radius 2 is 2.07 bits per heavy atom. The average Bonchev–Trinajstić information content (AvgIpc) is 3.45. The van der Waals surface area contributed by atoms with Crippen molar-refractivity contribution >= 4 is 17.2 Å². The van der Waals surface area contributed by atoms with E-state index >= 15 is 0 Å². The first kappa shape index (κ1) is 18.5. The van der Waals surface area contributed by atoms with Gasteiger partial charge in [-0.3, -0.25) is 4.79 Å². The van der Waals surface area contributed by atoms with Gasteiger partial charge in [-0.2, -0.15) is 0 Å². The summed E-state index contributed by atoms with van der Waals surface area (Å²) in [6, 6.07) is 16.5. The molecule has 1 aromatic carbocycles. The molecule has 6 heteroatoms. The second-order valence-corrected chi connectivity index (χ2v) is 7.77. The number of anilines is 1. The molecule has 0 spiro atoms. The van der Waals surface area contributed by atoms with Crippen LogP contribution < -0.4 is 10.2 Å². The maximum absolute atomic E-state index is 12.8. The summed E-state index contributed by atoms with van der Waals surface area (Å²) in [5.41, 5.74) is 5.03. The van der Waals surface area contributed by atoms with E-state index in [1.807, 2.05) is 35.0 Å². The number of amides is 1. The molecule has 152 valence electrons. The molecule has 30 heavy (non-hydrogen) atoms. The number of carbonyl (C=O) groups is 1. The SMILES string of the molecule is CC1Cc2ccccc2N1Cc1occc1C(=O)NCCc1cn2ccccc2n1. The molecule has 0 aliphatic carbocycles. The van der Waals surface area contributed by atoms with Gasteiger partial charge < -0.3 is 19.0 Å². The Hall–Kier alpha value is -3.54. The molecule has 0 saturated heterocycles. The summed E-state index contributed by atoms with van der Waals surface area (Å²) >= 11 is 0. The summed E-state index contributed by atoms with van der Waals surface area (Å²) in [5, 5.41) is 3.01. The molecular formula is C24H24N4O2. The molecular weight excluding hydrogens is 376 g/mol. The predicted octanol–water partition coefficient (Wildman–Crippen LogP) is 3.85. The van der Waals surface area contributed by atoms with Crippen molar-refractivity contribution in [1.29, 1.82) is 0 Å². The van der Waals surface area contributed by atoms with Gasteiger partial charge in [0.05, 0.1) is 24.1 Å². The first-order chi connectivity index (χ1) is 14.7. The van der Waals surface area contributed by atoms with E-state index in [2.05, 4.69) is 46.4 Å². The molecule has 4 heterocycles. The van der Waals surface area contributed by atoms with Crippen molar-refractivity contribution in [3.63, 3.8) is 0 Å². The molecule has 1 atom stereocenters. The van der Waals surface area contributed by atoms with Crippen molar-refractivity contribution in [3.8, 4) is 0 Å². The highest BCUT2D eigenvalue weighted by atomic mass is 16.3. The number of rotatable bonds is 6. The lowest BCUT2D eigenvalue weighted by Gasteiger charge is -2.24. The fourth-order valence-electron chi connectivity index (χ4n) is 4.20. The second-order valence-electron chi connectivity index (χ2n) is 7.77. The number of hydrogen-bond acceptors (Lipinski definition) is 4. The van der Waals surface area contributed by atoms with Crippen LogP contribution in [-0.2, 0) is 19.4 Å². The lowest BCUT2D eigenvalue weighted by molar-refractivity contribution is 0.0952. The van der Waals surface area contributed by atoms with Crippen LogP contribution in [0, 0.1) is 0 Å². The third-order valence-corrected chi connectivity index (χ3v) is 5.73. The highest BCUT2D eigenvalue weighted by molar-refractivity contribution is 5.95. The number of carbonyl (C=O) groups excluding carboxylic acids is 1. The van der Waals surface area contributed by atoms with Crippen LogP contribution in [0.3, 0.4) is 0 Å². The van der Waals surface area contributed by atoms with Crippen LogP contribution >= 0.6 is 0 Å². The van der Waals surface area contributed by atoms with Crippen LogP contribution in [0.2, 0.25) is 0 Å². The van der Waals surface area contributed by atoms with Crippen LogP contribution in [0.1, 0.15) is 34.3 Å². The third kappa shape index (κ3) is 3.45. The zero-order valence-electron chi connectivity index (χ0n) is 16.9. The molecule has 4 aromatic rings. The number of furan rings is 1. The number of pyridine rings is 1. The molecule has 1 aliphatic heterocycles. The van der Waals surface area contributed by atoms with Crippen molar-refractivity contribution in [3.05, 3.63) is 89.8 Å². The zero-order valence-corrected chi connectivity index (χ0v) is 16.9. The number of fused-ring (bicyclic) bond motifs is 2. The Balaban J connectivity index is 1.24. The number of nitrogens with one attached hydrogen (secondary N) is 1. The fraction of sp³-hybridized carbons (Fsp3) is 0.250. The maximum Gasteiger partial charge on any atom is 0.254 e. The highest BCUT2D eigenvalue weighted by Gasteiger charge is 2.27. The van der Waals surface area contributed by atoms with E-state index in [1.54, 1.807) is 12.3 Å². The summed E-state index contributed by atoms with van der Waals surface area (Å²) in [7, 11) is 0. The minimum Gasteiger partial charge on any atom is -0.467 e. The van der Waals surface area contributed by atoms with Crippen molar-refractivity contribution in [1.82, 2.24) is 14.7 Å². The number of aromatic nitrogens is 2. The Kier molecular flexibility index (Phi) is 4.75. The second kappa shape index (κ2) is 7.71. The number of imidazole rings is 1. The average molecular weight is 400 g/mol. The van der Waals surface area contributed by atoms with Crippen molar-refractivity contribution in [2.45, 2.75) is 32.4 Å². The van der Waals surface area contributed by atoms with E-state index in [9.17, 15) is 4.79 Å². The fourth-order valence-corrected chi connectivity index (χ4v) is 4.20. The maximum atomic E-state index is 12.8. The van der Waals surface area contributed by atoms with Gasteiger partial charge in [0.1, 0.15) is 11.4 Å². The summed E-state index contributed by atoms with van der Waals surface area (Å²) in [5.74, 6) is 0.589. The zero-order chi connectivity index (χ0) is 20.5. The third-order valence-electron chi connectivity index (χ3n) is 5.73. The van der Waals surface area contributed by atoms with Gasteiger partial charge in [-0.15, -0.1) is 0 Å². The smallest absolute Gasteiger partial charge is 0.254 e. The number of hydrogen-bond donors (Lipinski definition) is 1. The lowest BCUT2D eigenvalue weighted by Crippen LogP contribution is -2.31. The van der Waals surface area contributed by atoms with Crippen molar-refractivity contribution < 1.29 is 9.21 Å². The Bertz CT molecular complexity index is 1160. The normalized spacial score (nSPS) is 15.5. The predicted molar refractivity (Wildman–Crippen MR) is 116 cm³/mol. The van der Waals surface area contributed by atoms with Crippen LogP contribution in [0.5, 0.6) is 0 Å². The van der Waals surface area contributed by atoms with Gasteiger partial charge in [-0.25, -0.2) is 4.98 Å². The molecule has 6 nitrogen and oxygen atoms in total. The minimum absolute atomic E-state index is 0.109. The van der Waals surface area contributed by atoms with Crippen LogP contribution in [0.15, 0.2) is 71.6 Å². The monoisotopic (exact) mass is 400 g/mol. The standard InChI is InChI=1S/C24H24N4O2/c1-17-14-18-6-2-3-7-21(18)28(17)16-22-20(10-13-30-22)24(29)25-11-9-19-15-27-12-5-4-8-23(27)26-19/h2-8,10,12-13,15,17H,9,11,14,16H2,1H3,(H,25,29). The molecule has 0 fully saturated rings. The Labute approximate surface area is 175 Å². The van der Waals surface area contributed by atoms with Gasteiger partial charge in [0, 0.05) is 37.1 Å². The van der Waals surface area contributed by atoms with E-state index in [0.717, 1.165) is 17.8 Å². The number of nitrogens with zero attached hydrogens (tertiary/aromatic N) is 3. The van der Waals surface area contributed by atoms with Crippen LogP contribution in [-0.4, -0.2) is 27.9 Å². The molecule has 1 N–H and O–H groups in total. The summed E-state index contributed by atoms with van der Waals surface area (Å²) in [4.78, 5) is 19.7. The summed E-state index contributed by atoms with van der Waals surface area (Å²) in [6.07, 6.45) is 7.25. The first-order valence-corrected chi connectivity index (χ1v) is 10.3.